The molecule has 0 saturated heterocycles. The highest BCUT2D eigenvalue weighted by atomic mass is 32.2. The molecule has 21 heavy (non-hydrogen) atoms. The highest BCUT2D eigenvalue weighted by Crippen LogP contribution is 2.18. The molecule has 0 aliphatic carbocycles. The van der Waals surface area contributed by atoms with E-state index in [9.17, 15) is 13.2 Å². The normalized spacial score (nSPS) is 11.6. The molecule has 1 heterocycles. The molecule has 0 radical (unpaired) electrons. The summed E-state index contributed by atoms with van der Waals surface area (Å²) < 4.78 is 25.2. The molecule has 2 rings (SSSR count). The summed E-state index contributed by atoms with van der Waals surface area (Å²) in [7, 11) is -0.700. The second-order valence-corrected chi connectivity index (χ2v) is 7.73. The van der Waals surface area contributed by atoms with Gasteiger partial charge in [-0.3, -0.25) is 10.1 Å². The number of hydrogen-bond donors (Lipinski definition) is 1. The Bertz CT molecular complexity index is 768. The fraction of sp³-hybridized carbons (Fsp3) is 0.250. The molecule has 1 aromatic heterocycles. The minimum absolute atomic E-state index is 0.0635. The van der Waals surface area contributed by atoms with Crippen LogP contribution in [-0.2, 0) is 10.0 Å². The first-order valence-electron chi connectivity index (χ1n) is 5.95. The van der Waals surface area contributed by atoms with Crippen molar-refractivity contribution in [3.63, 3.8) is 0 Å². The maximum absolute atomic E-state index is 12.1. The smallest absolute Gasteiger partial charge is 0.257 e. The molecule has 112 valence electrons. The minimum Gasteiger partial charge on any atom is -0.296 e. The van der Waals surface area contributed by atoms with E-state index in [1.807, 2.05) is 0 Å². The maximum Gasteiger partial charge on any atom is 0.257 e. The fourth-order valence-electron chi connectivity index (χ4n) is 1.52. The summed E-state index contributed by atoms with van der Waals surface area (Å²) in [5.41, 5.74) is 0.241. The maximum atomic E-state index is 12.1. The summed E-state index contributed by atoms with van der Waals surface area (Å²) in [6.07, 6.45) is 0. The molecule has 1 aromatic carbocycles. The molecule has 0 saturated carbocycles. The molecule has 0 aliphatic heterocycles. The van der Waals surface area contributed by atoms with Crippen molar-refractivity contribution in [3.05, 3.63) is 34.8 Å². The number of aryl methyl sites for hydroxylation is 1. The van der Waals surface area contributed by atoms with E-state index >= 15 is 0 Å². The molecule has 1 N–H and O–H groups in total. The van der Waals surface area contributed by atoms with Crippen LogP contribution in [0.1, 0.15) is 15.4 Å². The van der Waals surface area contributed by atoms with E-state index in [0.717, 1.165) is 9.31 Å². The molecular formula is C12H14N4O3S2. The van der Waals surface area contributed by atoms with Crippen molar-refractivity contribution in [2.75, 3.05) is 19.4 Å². The SMILES string of the molecule is Cc1nnc(NC(=O)c2cccc(S(=O)(=O)N(C)C)c2)s1. The highest BCUT2D eigenvalue weighted by molar-refractivity contribution is 7.89. The van der Waals surface area contributed by atoms with Gasteiger partial charge in [0.05, 0.1) is 4.90 Å². The van der Waals surface area contributed by atoms with Gasteiger partial charge in [-0.25, -0.2) is 12.7 Å². The molecule has 7 nitrogen and oxygen atoms in total. The molecule has 0 bridgehead atoms. The predicted molar refractivity (Wildman–Crippen MR) is 79.9 cm³/mol. The monoisotopic (exact) mass is 326 g/mol. The van der Waals surface area contributed by atoms with Gasteiger partial charge in [-0.2, -0.15) is 0 Å². The first-order chi connectivity index (χ1) is 9.80. The van der Waals surface area contributed by atoms with Gasteiger partial charge in [-0.05, 0) is 25.1 Å². The number of nitrogens with one attached hydrogen (secondary N) is 1. The fourth-order valence-corrected chi connectivity index (χ4v) is 3.06. The largest absolute Gasteiger partial charge is 0.296 e. The van der Waals surface area contributed by atoms with Gasteiger partial charge in [0.1, 0.15) is 5.01 Å². The molecule has 0 atom stereocenters. The van der Waals surface area contributed by atoms with Crippen molar-refractivity contribution in [1.82, 2.24) is 14.5 Å². The van der Waals surface area contributed by atoms with Crippen LogP contribution >= 0.6 is 11.3 Å². The zero-order valence-corrected chi connectivity index (χ0v) is 13.3. The Morgan fingerprint density at radius 1 is 1.29 bits per heavy atom. The van der Waals surface area contributed by atoms with E-state index in [0.29, 0.717) is 5.13 Å². The Hall–Kier alpha value is -1.84. The van der Waals surface area contributed by atoms with Crippen LogP contribution in [-0.4, -0.2) is 42.9 Å². The molecule has 1 amide bonds. The second-order valence-electron chi connectivity index (χ2n) is 4.40. The van der Waals surface area contributed by atoms with Gasteiger partial charge in [0.15, 0.2) is 0 Å². The molecule has 0 spiro atoms. The number of amides is 1. The van der Waals surface area contributed by atoms with E-state index in [-0.39, 0.29) is 10.5 Å². The first-order valence-corrected chi connectivity index (χ1v) is 8.20. The van der Waals surface area contributed by atoms with Crippen LogP contribution in [0.2, 0.25) is 0 Å². The van der Waals surface area contributed by atoms with Crippen molar-refractivity contribution in [3.8, 4) is 0 Å². The van der Waals surface area contributed by atoms with Crippen molar-refractivity contribution < 1.29 is 13.2 Å². The average molecular weight is 326 g/mol. The van der Waals surface area contributed by atoms with Gasteiger partial charge >= 0.3 is 0 Å². The van der Waals surface area contributed by atoms with Gasteiger partial charge < -0.3 is 0 Å². The summed E-state index contributed by atoms with van der Waals surface area (Å²) in [4.78, 5) is 12.2. The number of benzene rings is 1. The molecule has 0 unspecified atom stereocenters. The number of carbonyl (C=O) groups is 1. The van der Waals surface area contributed by atoms with Crippen LogP contribution in [0.25, 0.3) is 0 Å². The number of sulfonamides is 1. The third-order valence-corrected chi connectivity index (χ3v) is 5.19. The van der Waals surface area contributed by atoms with Crippen LogP contribution < -0.4 is 5.32 Å². The summed E-state index contributed by atoms with van der Waals surface area (Å²) in [5, 5.41) is 11.3. The average Bonchev–Trinajstić information content (AvgIpc) is 2.84. The van der Waals surface area contributed by atoms with Crippen LogP contribution in [0, 0.1) is 6.92 Å². The first kappa shape index (κ1) is 15.5. The third kappa shape index (κ3) is 3.43. The zero-order valence-electron chi connectivity index (χ0n) is 11.7. The van der Waals surface area contributed by atoms with Crippen molar-refractivity contribution in [2.24, 2.45) is 0 Å². The van der Waals surface area contributed by atoms with Gasteiger partial charge in [-0.15, -0.1) is 10.2 Å². The quantitative estimate of drug-likeness (QED) is 0.915. The Labute approximate surface area is 126 Å². The van der Waals surface area contributed by atoms with Crippen molar-refractivity contribution in [2.45, 2.75) is 11.8 Å². The Morgan fingerprint density at radius 3 is 2.57 bits per heavy atom. The Balaban J connectivity index is 2.27. The van der Waals surface area contributed by atoms with Gasteiger partial charge in [0.25, 0.3) is 5.91 Å². The van der Waals surface area contributed by atoms with Crippen LogP contribution in [0.5, 0.6) is 0 Å². The van der Waals surface area contributed by atoms with Crippen LogP contribution in [0.15, 0.2) is 29.2 Å². The number of carbonyl (C=O) groups excluding carboxylic acids is 1. The Morgan fingerprint density at radius 2 is 2.00 bits per heavy atom. The summed E-state index contributed by atoms with van der Waals surface area (Å²) in [5.74, 6) is -0.429. The lowest BCUT2D eigenvalue weighted by molar-refractivity contribution is 0.102. The molecular weight excluding hydrogens is 312 g/mol. The molecule has 0 aliphatic rings. The van der Waals surface area contributed by atoms with Gasteiger partial charge in [-0.1, -0.05) is 17.4 Å². The summed E-state index contributed by atoms with van der Waals surface area (Å²) >= 11 is 1.24. The van der Waals surface area contributed by atoms with Crippen molar-refractivity contribution in [1.29, 1.82) is 0 Å². The highest BCUT2D eigenvalue weighted by Gasteiger charge is 2.19. The Kier molecular flexibility index (Phi) is 4.35. The third-order valence-electron chi connectivity index (χ3n) is 2.62. The predicted octanol–water partition coefficient (Wildman–Crippen LogP) is 1.35. The summed E-state index contributed by atoms with van der Waals surface area (Å²) in [6.45, 7) is 1.78. The van der Waals surface area contributed by atoms with E-state index in [2.05, 4.69) is 15.5 Å². The number of nitrogens with zero attached hydrogens (tertiary/aromatic N) is 3. The summed E-state index contributed by atoms with van der Waals surface area (Å²) in [6, 6.07) is 5.84. The minimum atomic E-state index is -3.57. The van der Waals surface area contributed by atoms with Gasteiger partial charge in [0.2, 0.25) is 15.2 Å². The van der Waals surface area contributed by atoms with Crippen LogP contribution in [0.3, 0.4) is 0 Å². The van der Waals surface area contributed by atoms with E-state index < -0.39 is 15.9 Å². The number of rotatable bonds is 4. The molecule has 2 aromatic rings. The number of anilines is 1. The van der Waals surface area contributed by atoms with E-state index in [4.69, 9.17) is 0 Å². The van der Waals surface area contributed by atoms with Crippen molar-refractivity contribution >= 4 is 32.4 Å². The van der Waals surface area contributed by atoms with Crippen LogP contribution in [0.4, 0.5) is 5.13 Å². The zero-order chi connectivity index (χ0) is 15.6. The van der Waals surface area contributed by atoms with Gasteiger partial charge in [0, 0.05) is 19.7 Å². The van der Waals surface area contributed by atoms with E-state index in [1.54, 1.807) is 6.92 Å². The number of hydrogen-bond acceptors (Lipinski definition) is 6. The molecule has 0 fully saturated rings. The number of aromatic nitrogens is 2. The lowest BCUT2D eigenvalue weighted by atomic mass is 10.2. The standard InChI is InChI=1S/C12H14N4O3S2/c1-8-14-15-12(20-8)13-11(17)9-5-4-6-10(7-9)21(18,19)16(2)3/h4-7H,1-3H3,(H,13,15,17). The lowest BCUT2D eigenvalue weighted by Gasteiger charge is -2.12. The second kappa shape index (κ2) is 5.88. The lowest BCUT2D eigenvalue weighted by Crippen LogP contribution is -2.22. The molecule has 9 heteroatoms. The van der Waals surface area contributed by atoms with E-state index in [1.165, 1.54) is 49.7 Å². The topological polar surface area (TPSA) is 92.3 Å².